The third-order valence-electron chi connectivity index (χ3n) is 5.14. The van der Waals surface area contributed by atoms with E-state index in [0.29, 0.717) is 31.1 Å². The third kappa shape index (κ3) is 3.71. The smallest absolute Gasteiger partial charge is 0.253 e. The molecule has 1 heterocycles. The number of benzene rings is 1. The Morgan fingerprint density at radius 2 is 1.54 bits per heavy atom. The Labute approximate surface area is 143 Å². The van der Waals surface area contributed by atoms with Gasteiger partial charge in [-0.3, -0.25) is 9.59 Å². The van der Waals surface area contributed by atoms with E-state index < -0.39 is 0 Å². The second-order valence-corrected chi connectivity index (χ2v) is 6.68. The van der Waals surface area contributed by atoms with Gasteiger partial charge in [0.15, 0.2) is 0 Å². The standard InChI is InChI=1S/C19H26N2O3/c1-24-17-9-7-16(8-10-17)19(23)21-12-4-11-20(13-14-21)18(22)15-5-2-3-6-15/h7-10,15H,2-6,11-14H2,1H3. The lowest BCUT2D eigenvalue weighted by atomic mass is 10.1. The summed E-state index contributed by atoms with van der Waals surface area (Å²) in [6, 6.07) is 7.21. The molecule has 0 radical (unpaired) electrons. The molecule has 24 heavy (non-hydrogen) atoms. The summed E-state index contributed by atoms with van der Waals surface area (Å²) < 4.78 is 5.13. The van der Waals surface area contributed by atoms with Gasteiger partial charge in [-0.25, -0.2) is 0 Å². The van der Waals surface area contributed by atoms with E-state index in [1.54, 1.807) is 31.4 Å². The van der Waals surface area contributed by atoms with Crippen molar-refractivity contribution in [3.8, 4) is 5.75 Å². The summed E-state index contributed by atoms with van der Waals surface area (Å²) in [6.45, 7) is 2.74. The molecule has 1 aliphatic carbocycles. The SMILES string of the molecule is COc1ccc(C(=O)N2CCCN(C(=O)C3CCCC3)CC2)cc1. The van der Waals surface area contributed by atoms with Crippen LogP contribution in [0.2, 0.25) is 0 Å². The van der Waals surface area contributed by atoms with Gasteiger partial charge < -0.3 is 14.5 Å². The van der Waals surface area contributed by atoms with Crippen molar-refractivity contribution >= 4 is 11.8 Å². The average molecular weight is 330 g/mol. The van der Waals surface area contributed by atoms with E-state index in [1.165, 1.54) is 12.8 Å². The van der Waals surface area contributed by atoms with Crippen molar-refractivity contribution in [2.24, 2.45) is 5.92 Å². The largest absolute Gasteiger partial charge is 0.497 e. The van der Waals surface area contributed by atoms with Crippen molar-refractivity contribution in [1.82, 2.24) is 9.80 Å². The monoisotopic (exact) mass is 330 g/mol. The first-order valence-corrected chi connectivity index (χ1v) is 8.91. The molecule has 2 amide bonds. The number of rotatable bonds is 3. The second-order valence-electron chi connectivity index (χ2n) is 6.68. The number of carbonyl (C=O) groups is 2. The predicted molar refractivity (Wildman–Crippen MR) is 92.1 cm³/mol. The zero-order valence-electron chi connectivity index (χ0n) is 14.4. The molecule has 0 spiro atoms. The fraction of sp³-hybridized carbons (Fsp3) is 0.579. The van der Waals surface area contributed by atoms with Crippen LogP contribution in [0.15, 0.2) is 24.3 Å². The maximum atomic E-state index is 12.7. The highest BCUT2D eigenvalue weighted by Crippen LogP contribution is 2.27. The maximum absolute atomic E-state index is 12.7. The lowest BCUT2D eigenvalue weighted by Gasteiger charge is -2.24. The van der Waals surface area contributed by atoms with Crippen LogP contribution in [0.1, 0.15) is 42.5 Å². The molecule has 0 aromatic heterocycles. The fourth-order valence-electron chi connectivity index (χ4n) is 3.69. The first-order valence-electron chi connectivity index (χ1n) is 8.91. The van der Waals surface area contributed by atoms with Crippen LogP contribution in [-0.2, 0) is 4.79 Å². The summed E-state index contributed by atoms with van der Waals surface area (Å²) in [5.74, 6) is 1.30. The molecule has 0 unspecified atom stereocenters. The van der Waals surface area contributed by atoms with Gasteiger partial charge in [-0.2, -0.15) is 0 Å². The van der Waals surface area contributed by atoms with Crippen molar-refractivity contribution in [2.45, 2.75) is 32.1 Å². The normalized spacial score (nSPS) is 19.2. The van der Waals surface area contributed by atoms with E-state index in [2.05, 4.69) is 0 Å². The maximum Gasteiger partial charge on any atom is 0.253 e. The number of carbonyl (C=O) groups excluding carboxylic acids is 2. The van der Waals surface area contributed by atoms with Crippen molar-refractivity contribution in [3.05, 3.63) is 29.8 Å². The molecule has 3 rings (SSSR count). The van der Waals surface area contributed by atoms with Gasteiger partial charge in [0, 0.05) is 37.7 Å². The van der Waals surface area contributed by atoms with Gasteiger partial charge in [-0.05, 0) is 43.5 Å². The van der Waals surface area contributed by atoms with Gasteiger partial charge in [0.05, 0.1) is 7.11 Å². The lowest BCUT2D eigenvalue weighted by Crippen LogP contribution is -2.39. The first kappa shape index (κ1) is 16.8. The van der Waals surface area contributed by atoms with Crippen molar-refractivity contribution in [3.63, 3.8) is 0 Å². The molecular formula is C19H26N2O3. The van der Waals surface area contributed by atoms with Crippen LogP contribution in [0, 0.1) is 5.92 Å². The van der Waals surface area contributed by atoms with Crippen molar-refractivity contribution in [2.75, 3.05) is 33.3 Å². The molecule has 0 N–H and O–H groups in total. The van der Waals surface area contributed by atoms with Gasteiger partial charge >= 0.3 is 0 Å². The Kier molecular flexibility index (Phi) is 5.38. The highest BCUT2D eigenvalue weighted by atomic mass is 16.5. The highest BCUT2D eigenvalue weighted by molar-refractivity contribution is 5.94. The minimum absolute atomic E-state index is 0.0350. The summed E-state index contributed by atoms with van der Waals surface area (Å²) in [6.07, 6.45) is 5.26. The number of nitrogens with zero attached hydrogens (tertiary/aromatic N) is 2. The van der Waals surface area contributed by atoms with E-state index >= 15 is 0 Å². The lowest BCUT2D eigenvalue weighted by molar-refractivity contribution is -0.135. The van der Waals surface area contributed by atoms with Crippen LogP contribution in [0.5, 0.6) is 5.75 Å². The quantitative estimate of drug-likeness (QED) is 0.856. The number of amides is 2. The molecule has 1 saturated carbocycles. The van der Waals surface area contributed by atoms with E-state index in [0.717, 1.165) is 31.6 Å². The molecule has 1 aromatic rings. The summed E-state index contributed by atoms with van der Waals surface area (Å²) in [5.41, 5.74) is 0.673. The molecule has 5 nitrogen and oxygen atoms in total. The molecule has 130 valence electrons. The Morgan fingerprint density at radius 1 is 0.917 bits per heavy atom. The topological polar surface area (TPSA) is 49.9 Å². The molecule has 0 atom stereocenters. The summed E-state index contributed by atoms with van der Waals surface area (Å²) in [5, 5.41) is 0. The van der Waals surface area contributed by atoms with Crippen LogP contribution in [0.25, 0.3) is 0 Å². The van der Waals surface area contributed by atoms with E-state index in [4.69, 9.17) is 4.74 Å². The van der Waals surface area contributed by atoms with Crippen LogP contribution in [0.3, 0.4) is 0 Å². The van der Waals surface area contributed by atoms with Crippen LogP contribution >= 0.6 is 0 Å². The van der Waals surface area contributed by atoms with Gasteiger partial charge in [0.1, 0.15) is 5.75 Å². The third-order valence-corrected chi connectivity index (χ3v) is 5.14. The summed E-state index contributed by atoms with van der Waals surface area (Å²) >= 11 is 0. The number of hydrogen-bond donors (Lipinski definition) is 0. The van der Waals surface area contributed by atoms with Crippen LogP contribution in [-0.4, -0.2) is 54.9 Å². The van der Waals surface area contributed by atoms with Gasteiger partial charge in [0.2, 0.25) is 5.91 Å². The molecule has 2 fully saturated rings. The second kappa shape index (κ2) is 7.69. The Hall–Kier alpha value is -2.04. The molecule has 2 aliphatic rings. The minimum atomic E-state index is 0.0350. The molecule has 5 heteroatoms. The van der Waals surface area contributed by atoms with E-state index in [1.807, 2.05) is 9.80 Å². The van der Waals surface area contributed by atoms with Gasteiger partial charge in [-0.1, -0.05) is 12.8 Å². The molecular weight excluding hydrogens is 304 g/mol. The zero-order chi connectivity index (χ0) is 16.9. The number of ether oxygens (including phenoxy) is 1. The van der Waals surface area contributed by atoms with Gasteiger partial charge in [0.25, 0.3) is 5.91 Å². The Balaban J connectivity index is 1.59. The van der Waals surface area contributed by atoms with Gasteiger partial charge in [-0.15, -0.1) is 0 Å². The fourth-order valence-corrected chi connectivity index (χ4v) is 3.69. The molecule has 1 saturated heterocycles. The van der Waals surface area contributed by atoms with E-state index in [-0.39, 0.29) is 11.8 Å². The average Bonchev–Trinajstić information content (AvgIpc) is 3.05. The molecule has 1 aliphatic heterocycles. The summed E-state index contributed by atoms with van der Waals surface area (Å²) in [7, 11) is 1.61. The number of methoxy groups -OCH3 is 1. The Bertz CT molecular complexity index is 579. The molecule has 1 aromatic carbocycles. The zero-order valence-corrected chi connectivity index (χ0v) is 14.4. The summed E-state index contributed by atoms with van der Waals surface area (Å²) in [4.78, 5) is 29.1. The Morgan fingerprint density at radius 3 is 2.21 bits per heavy atom. The first-order chi connectivity index (χ1) is 11.7. The molecule has 0 bridgehead atoms. The van der Waals surface area contributed by atoms with Crippen molar-refractivity contribution < 1.29 is 14.3 Å². The van der Waals surface area contributed by atoms with E-state index in [9.17, 15) is 9.59 Å². The predicted octanol–water partition coefficient (Wildman–Crippen LogP) is 2.56. The van der Waals surface area contributed by atoms with Crippen molar-refractivity contribution in [1.29, 1.82) is 0 Å². The van der Waals surface area contributed by atoms with Crippen LogP contribution < -0.4 is 4.74 Å². The number of hydrogen-bond acceptors (Lipinski definition) is 3. The highest BCUT2D eigenvalue weighted by Gasteiger charge is 2.29. The minimum Gasteiger partial charge on any atom is -0.497 e. The van der Waals surface area contributed by atoms with Crippen LogP contribution in [0.4, 0.5) is 0 Å².